The number of H-pyrrole nitrogens is 1. The third-order valence-corrected chi connectivity index (χ3v) is 4.53. The van der Waals surface area contributed by atoms with Crippen LogP contribution in [0.5, 0.6) is 0 Å². The van der Waals surface area contributed by atoms with Gasteiger partial charge in [0.05, 0.1) is 0 Å². The van der Waals surface area contributed by atoms with Gasteiger partial charge in [-0.05, 0) is 50.5 Å². The largest absolute Gasteiger partial charge is 0.383 e. The summed E-state index contributed by atoms with van der Waals surface area (Å²) in [4.78, 5) is 41.1. The molecule has 7 heteroatoms. The maximum absolute atomic E-state index is 13.0. The summed E-state index contributed by atoms with van der Waals surface area (Å²) >= 11 is 0. The smallest absolute Gasteiger partial charge is 0.330 e. The highest BCUT2D eigenvalue weighted by molar-refractivity contribution is 6.07. The quantitative estimate of drug-likeness (QED) is 0.826. The number of anilines is 2. The van der Waals surface area contributed by atoms with Crippen LogP contribution in [0.2, 0.25) is 0 Å². The lowest BCUT2D eigenvalue weighted by molar-refractivity contribution is 0.0988. The van der Waals surface area contributed by atoms with Gasteiger partial charge in [-0.15, -0.1) is 0 Å². The fourth-order valence-corrected chi connectivity index (χ4v) is 2.81. The number of aromatic amines is 1. The van der Waals surface area contributed by atoms with Crippen LogP contribution < -0.4 is 21.9 Å². The van der Waals surface area contributed by atoms with Crippen molar-refractivity contribution < 1.29 is 4.79 Å². The molecule has 0 bridgehead atoms. The average molecular weight is 358 g/mol. The first-order valence-electron chi connectivity index (χ1n) is 8.83. The number of nitrogen functional groups attached to an aromatic ring is 1. The minimum Gasteiger partial charge on any atom is -0.383 e. The summed E-state index contributed by atoms with van der Waals surface area (Å²) < 4.78 is 1.32. The number of hydrogen-bond donors (Lipinski definition) is 2. The number of nitrogens with zero attached hydrogens (tertiary/aromatic N) is 2. The highest BCUT2D eigenvalue weighted by Gasteiger charge is 2.24. The SMILES string of the molecule is CCCCn1c(N)c(N(CC)C(=O)c2ccc(C)c(C)c2)c(=O)[nH]c1=O. The van der Waals surface area contributed by atoms with Crippen LogP contribution in [0.1, 0.15) is 48.2 Å². The summed E-state index contributed by atoms with van der Waals surface area (Å²) in [5.41, 5.74) is 7.47. The molecule has 0 spiro atoms. The van der Waals surface area contributed by atoms with E-state index in [1.165, 1.54) is 9.47 Å². The molecule has 26 heavy (non-hydrogen) atoms. The van der Waals surface area contributed by atoms with Crippen LogP contribution in [-0.2, 0) is 6.54 Å². The molecular weight excluding hydrogens is 332 g/mol. The van der Waals surface area contributed by atoms with Crippen LogP contribution in [0, 0.1) is 13.8 Å². The van der Waals surface area contributed by atoms with Crippen molar-refractivity contribution in [2.45, 2.75) is 47.1 Å². The first-order valence-corrected chi connectivity index (χ1v) is 8.83. The molecule has 1 heterocycles. The Morgan fingerprint density at radius 2 is 1.88 bits per heavy atom. The molecule has 0 radical (unpaired) electrons. The van der Waals surface area contributed by atoms with Crippen molar-refractivity contribution in [1.29, 1.82) is 0 Å². The lowest BCUT2D eigenvalue weighted by Gasteiger charge is -2.23. The number of rotatable bonds is 6. The second-order valence-corrected chi connectivity index (χ2v) is 6.35. The van der Waals surface area contributed by atoms with Gasteiger partial charge in [-0.3, -0.25) is 19.1 Å². The van der Waals surface area contributed by atoms with Crippen molar-refractivity contribution in [3.8, 4) is 0 Å². The normalized spacial score (nSPS) is 10.8. The van der Waals surface area contributed by atoms with E-state index >= 15 is 0 Å². The second kappa shape index (κ2) is 8.03. The summed E-state index contributed by atoms with van der Waals surface area (Å²) in [6.07, 6.45) is 1.62. The Morgan fingerprint density at radius 1 is 1.19 bits per heavy atom. The van der Waals surface area contributed by atoms with Crippen molar-refractivity contribution >= 4 is 17.4 Å². The maximum Gasteiger partial charge on any atom is 0.330 e. The van der Waals surface area contributed by atoms with E-state index in [0.717, 1.165) is 24.0 Å². The standard InChI is InChI=1S/C19H26N4O3/c1-5-7-10-23-16(20)15(17(24)21-19(23)26)22(6-2)18(25)14-9-8-12(3)13(4)11-14/h8-9,11H,5-7,10,20H2,1-4H3,(H,21,24,26). The molecule has 3 N–H and O–H groups in total. The second-order valence-electron chi connectivity index (χ2n) is 6.35. The highest BCUT2D eigenvalue weighted by atomic mass is 16.2. The molecule has 0 saturated carbocycles. The van der Waals surface area contributed by atoms with Crippen molar-refractivity contribution in [2.24, 2.45) is 0 Å². The van der Waals surface area contributed by atoms with Crippen LogP contribution in [0.15, 0.2) is 27.8 Å². The van der Waals surface area contributed by atoms with E-state index in [-0.39, 0.29) is 24.0 Å². The zero-order chi connectivity index (χ0) is 19.4. The zero-order valence-electron chi connectivity index (χ0n) is 15.8. The fourth-order valence-electron chi connectivity index (χ4n) is 2.81. The van der Waals surface area contributed by atoms with E-state index < -0.39 is 11.2 Å². The van der Waals surface area contributed by atoms with Crippen LogP contribution in [0.4, 0.5) is 11.5 Å². The average Bonchev–Trinajstić information content (AvgIpc) is 2.60. The zero-order valence-corrected chi connectivity index (χ0v) is 15.8. The van der Waals surface area contributed by atoms with Gasteiger partial charge in [0.2, 0.25) is 0 Å². The van der Waals surface area contributed by atoms with Gasteiger partial charge in [0.1, 0.15) is 5.82 Å². The Bertz CT molecular complexity index is 927. The molecular formula is C19H26N4O3. The summed E-state index contributed by atoms with van der Waals surface area (Å²) in [5.74, 6) is -0.306. The van der Waals surface area contributed by atoms with Crippen molar-refractivity contribution in [3.63, 3.8) is 0 Å². The van der Waals surface area contributed by atoms with E-state index in [4.69, 9.17) is 5.73 Å². The molecule has 0 saturated heterocycles. The van der Waals surface area contributed by atoms with Gasteiger partial charge in [0.15, 0.2) is 5.69 Å². The number of carbonyl (C=O) groups excluding carboxylic acids is 1. The molecule has 0 atom stereocenters. The van der Waals surface area contributed by atoms with E-state index in [9.17, 15) is 14.4 Å². The predicted molar refractivity (Wildman–Crippen MR) is 104 cm³/mol. The lowest BCUT2D eigenvalue weighted by atomic mass is 10.1. The maximum atomic E-state index is 13.0. The Balaban J connectivity index is 2.55. The Morgan fingerprint density at radius 3 is 2.46 bits per heavy atom. The fraction of sp³-hybridized carbons (Fsp3) is 0.421. The van der Waals surface area contributed by atoms with Gasteiger partial charge in [-0.2, -0.15) is 0 Å². The van der Waals surface area contributed by atoms with Gasteiger partial charge in [-0.25, -0.2) is 4.79 Å². The highest BCUT2D eigenvalue weighted by Crippen LogP contribution is 2.20. The molecule has 140 valence electrons. The van der Waals surface area contributed by atoms with Crippen molar-refractivity contribution in [3.05, 3.63) is 55.7 Å². The van der Waals surface area contributed by atoms with Crippen LogP contribution in [-0.4, -0.2) is 22.0 Å². The van der Waals surface area contributed by atoms with Gasteiger partial charge >= 0.3 is 5.69 Å². The predicted octanol–water partition coefficient (Wildman–Crippen LogP) is 2.20. The molecule has 0 aliphatic carbocycles. The van der Waals surface area contributed by atoms with E-state index in [0.29, 0.717) is 12.1 Å². The van der Waals surface area contributed by atoms with Gasteiger partial charge in [0.25, 0.3) is 11.5 Å². The number of aromatic nitrogens is 2. The molecule has 1 aromatic heterocycles. The van der Waals surface area contributed by atoms with Gasteiger partial charge < -0.3 is 10.6 Å². The summed E-state index contributed by atoms with van der Waals surface area (Å²) in [6, 6.07) is 5.38. The third kappa shape index (κ3) is 3.71. The summed E-state index contributed by atoms with van der Waals surface area (Å²) in [6.45, 7) is 8.29. The third-order valence-electron chi connectivity index (χ3n) is 4.53. The molecule has 1 amide bonds. The van der Waals surface area contributed by atoms with Crippen LogP contribution in [0.3, 0.4) is 0 Å². The van der Waals surface area contributed by atoms with Crippen molar-refractivity contribution in [1.82, 2.24) is 9.55 Å². The number of carbonyl (C=O) groups is 1. The minimum absolute atomic E-state index is 0.0197. The number of benzene rings is 1. The molecule has 2 aromatic rings. The summed E-state index contributed by atoms with van der Waals surface area (Å²) in [7, 11) is 0. The first-order chi connectivity index (χ1) is 12.3. The monoisotopic (exact) mass is 358 g/mol. The number of unbranched alkanes of at least 4 members (excludes halogenated alkanes) is 1. The molecule has 0 aliphatic heterocycles. The van der Waals surface area contributed by atoms with Gasteiger partial charge in [-0.1, -0.05) is 19.4 Å². The van der Waals surface area contributed by atoms with Crippen LogP contribution in [0.25, 0.3) is 0 Å². The number of aryl methyl sites for hydroxylation is 2. The minimum atomic E-state index is -0.653. The van der Waals surface area contributed by atoms with Crippen molar-refractivity contribution in [2.75, 3.05) is 17.2 Å². The number of nitrogens with two attached hydrogens (primary N) is 1. The summed E-state index contributed by atoms with van der Waals surface area (Å²) in [5, 5.41) is 0. The molecule has 0 fully saturated rings. The Labute approximate surface area is 152 Å². The van der Waals surface area contributed by atoms with Gasteiger partial charge in [0, 0.05) is 18.7 Å². The van der Waals surface area contributed by atoms with Crippen LogP contribution >= 0.6 is 0 Å². The number of hydrogen-bond acceptors (Lipinski definition) is 4. The Hall–Kier alpha value is -2.83. The van der Waals surface area contributed by atoms with E-state index in [2.05, 4.69) is 4.98 Å². The van der Waals surface area contributed by atoms with E-state index in [1.54, 1.807) is 19.1 Å². The Kier molecular flexibility index (Phi) is 6.02. The number of nitrogens with one attached hydrogen (secondary N) is 1. The molecule has 2 rings (SSSR count). The van der Waals surface area contributed by atoms with E-state index in [1.807, 2.05) is 26.8 Å². The lowest BCUT2D eigenvalue weighted by Crippen LogP contribution is -2.41. The first kappa shape index (κ1) is 19.5. The molecule has 0 unspecified atom stereocenters. The molecule has 1 aromatic carbocycles. The molecule has 7 nitrogen and oxygen atoms in total. The topological polar surface area (TPSA) is 101 Å². The molecule has 0 aliphatic rings. The number of amides is 1.